The van der Waals surface area contributed by atoms with Gasteiger partial charge in [-0.25, -0.2) is 10.5 Å². The van der Waals surface area contributed by atoms with E-state index in [2.05, 4.69) is 30.3 Å². The van der Waals surface area contributed by atoms with Gasteiger partial charge in [-0.15, -0.1) is 10.2 Å². The standard InChI is InChI=1S/C16H16BN9O2/c1-8-4-5-10(7-11(8)17)26(19)14(18)13-15(24-28-23-13)20-21-16(27)12-6-9(2)25(3)22-12/h4-7,18H,19H2,1-3H3. The third-order valence-electron chi connectivity index (χ3n) is 4.05. The van der Waals surface area contributed by atoms with Gasteiger partial charge in [0.05, 0.1) is 5.69 Å². The normalized spacial score (nSPS) is 11.1. The zero-order valence-corrected chi connectivity index (χ0v) is 15.4. The molecule has 2 radical (unpaired) electrons. The number of hydrogen-bond donors (Lipinski definition) is 2. The van der Waals surface area contributed by atoms with E-state index in [-0.39, 0.29) is 23.0 Å². The maximum Gasteiger partial charge on any atom is 0.315 e. The molecule has 0 fully saturated rings. The first kappa shape index (κ1) is 19.1. The summed E-state index contributed by atoms with van der Waals surface area (Å²) < 4.78 is 6.17. The molecule has 0 saturated carbocycles. The van der Waals surface area contributed by atoms with Crippen LogP contribution in [0, 0.1) is 19.3 Å². The highest BCUT2D eigenvalue weighted by Crippen LogP contribution is 2.19. The van der Waals surface area contributed by atoms with Crippen LogP contribution in [0.3, 0.4) is 0 Å². The molecule has 0 aliphatic heterocycles. The monoisotopic (exact) mass is 377 g/mol. The van der Waals surface area contributed by atoms with E-state index in [1.165, 1.54) is 0 Å². The number of nitrogens with zero attached hydrogens (tertiary/aromatic N) is 7. The van der Waals surface area contributed by atoms with Crippen molar-refractivity contribution in [1.29, 1.82) is 5.41 Å². The molecule has 0 aliphatic rings. The molecule has 2 heterocycles. The van der Waals surface area contributed by atoms with Crippen molar-refractivity contribution in [1.82, 2.24) is 20.1 Å². The summed E-state index contributed by atoms with van der Waals surface area (Å²) in [6, 6.07) is 6.66. The average Bonchev–Trinajstić information content (AvgIpc) is 3.27. The van der Waals surface area contributed by atoms with E-state index in [4.69, 9.17) is 19.1 Å². The largest absolute Gasteiger partial charge is 0.315 e. The van der Waals surface area contributed by atoms with Crippen molar-refractivity contribution in [2.75, 3.05) is 5.01 Å². The topological polar surface area (TPSA) is 152 Å². The van der Waals surface area contributed by atoms with E-state index in [9.17, 15) is 4.79 Å². The quantitative estimate of drug-likeness (QED) is 0.171. The molecule has 11 nitrogen and oxygen atoms in total. The smallest absolute Gasteiger partial charge is 0.281 e. The summed E-state index contributed by atoms with van der Waals surface area (Å²) in [6.07, 6.45) is 0. The van der Waals surface area contributed by atoms with Crippen LogP contribution in [-0.2, 0) is 7.05 Å². The van der Waals surface area contributed by atoms with Crippen LogP contribution in [0.1, 0.15) is 27.4 Å². The second-order valence-electron chi connectivity index (χ2n) is 6.00. The molecule has 3 rings (SSSR count). The SMILES string of the molecule is [B]c1cc(N(N)C(=N)c2nonc2N=NC(=O)c2cc(C)n(C)n2)ccc1C. The minimum absolute atomic E-state index is 0.0876. The minimum Gasteiger partial charge on any atom is -0.281 e. The molecular weight excluding hydrogens is 361 g/mol. The molecule has 3 N–H and O–H groups in total. The molecule has 140 valence electrons. The number of hydrazine groups is 1. The number of carbonyl (C=O) groups excluding carboxylic acids is 1. The van der Waals surface area contributed by atoms with Crippen LogP contribution in [0.5, 0.6) is 0 Å². The Bertz CT molecular complexity index is 1070. The lowest BCUT2D eigenvalue weighted by molar-refractivity contribution is 0.0989. The maximum atomic E-state index is 12.1. The van der Waals surface area contributed by atoms with Gasteiger partial charge in [0.2, 0.25) is 5.82 Å². The van der Waals surface area contributed by atoms with E-state index in [1.807, 2.05) is 6.92 Å². The maximum absolute atomic E-state index is 12.1. The van der Waals surface area contributed by atoms with Crippen molar-refractivity contribution >= 4 is 36.6 Å². The van der Waals surface area contributed by atoms with Gasteiger partial charge in [0.15, 0.2) is 17.2 Å². The number of aromatic nitrogens is 4. The van der Waals surface area contributed by atoms with Gasteiger partial charge >= 0.3 is 5.91 Å². The highest BCUT2D eigenvalue weighted by Gasteiger charge is 2.21. The number of aryl methyl sites for hydroxylation is 3. The van der Waals surface area contributed by atoms with Crippen molar-refractivity contribution in [3.8, 4) is 0 Å². The van der Waals surface area contributed by atoms with Crippen molar-refractivity contribution in [3.63, 3.8) is 0 Å². The van der Waals surface area contributed by atoms with Gasteiger partial charge in [0, 0.05) is 12.7 Å². The van der Waals surface area contributed by atoms with Crippen LogP contribution in [0.25, 0.3) is 0 Å². The molecule has 0 atom stereocenters. The number of amides is 1. The molecule has 0 unspecified atom stereocenters. The number of carbonyl (C=O) groups is 1. The Morgan fingerprint density at radius 1 is 1.32 bits per heavy atom. The fourth-order valence-electron chi connectivity index (χ4n) is 2.23. The number of rotatable bonds is 4. The van der Waals surface area contributed by atoms with Gasteiger partial charge in [0.25, 0.3) is 0 Å². The van der Waals surface area contributed by atoms with Gasteiger partial charge in [-0.05, 0) is 42.4 Å². The number of benzene rings is 1. The van der Waals surface area contributed by atoms with Crippen molar-refractivity contribution in [2.45, 2.75) is 13.8 Å². The lowest BCUT2D eigenvalue weighted by Crippen LogP contribution is -2.38. The number of anilines is 1. The van der Waals surface area contributed by atoms with Crippen LogP contribution in [0.15, 0.2) is 39.1 Å². The van der Waals surface area contributed by atoms with Gasteiger partial charge in [-0.3, -0.25) is 19.9 Å². The van der Waals surface area contributed by atoms with Crippen molar-refractivity contribution in [2.24, 2.45) is 23.1 Å². The summed E-state index contributed by atoms with van der Waals surface area (Å²) in [5, 5.41) is 27.8. The molecule has 0 bridgehead atoms. The summed E-state index contributed by atoms with van der Waals surface area (Å²) >= 11 is 0. The van der Waals surface area contributed by atoms with E-state index in [0.717, 1.165) is 16.3 Å². The van der Waals surface area contributed by atoms with Crippen LogP contribution >= 0.6 is 0 Å². The Kier molecular flexibility index (Phi) is 5.13. The summed E-state index contributed by atoms with van der Waals surface area (Å²) in [5.41, 5.74) is 2.70. The molecule has 0 saturated heterocycles. The summed E-state index contributed by atoms with van der Waals surface area (Å²) in [4.78, 5) is 12.1. The van der Waals surface area contributed by atoms with E-state index in [1.54, 1.807) is 42.9 Å². The molecule has 28 heavy (non-hydrogen) atoms. The van der Waals surface area contributed by atoms with Crippen LogP contribution in [0.4, 0.5) is 11.5 Å². The lowest BCUT2D eigenvalue weighted by atomic mass is 9.91. The molecule has 0 aliphatic carbocycles. The molecular formula is C16H16BN9O2. The van der Waals surface area contributed by atoms with Crippen LogP contribution in [0.2, 0.25) is 0 Å². The van der Waals surface area contributed by atoms with Crippen molar-refractivity contribution in [3.05, 3.63) is 46.9 Å². The van der Waals surface area contributed by atoms with Gasteiger partial charge in [-0.2, -0.15) is 5.10 Å². The fourth-order valence-corrected chi connectivity index (χ4v) is 2.23. The predicted molar refractivity (Wildman–Crippen MR) is 101 cm³/mol. The molecule has 1 aromatic carbocycles. The van der Waals surface area contributed by atoms with E-state index < -0.39 is 5.91 Å². The number of amidine groups is 1. The zero-order chi connectivity index (χ0) is 20.4. The first-order chi connectivity index (χ1) is 13.3. The van der Waals surface area contributed by atoms with Gasteiger partial charge < -0.3 is 0 Å². The summed E-state index contributed by atoms with van der Waals surface area (Å²) in [7, 11) is 7.58. The molecule has 3 aromatic rings. The van der Waals surface area contributed by atoms with Crippen LogP contribution in [-0.4, -0.2) is 39.7 Å². The molecule has 0 spiro atoms. The third kappa shape index (κ3) is 3.71. The number of azo groups is 1. The Morgan fingerprint density at radius 2 is 2.07 bits per heavy atom. The van der Waals surface area contributed by atoms with E-state index >= 15 is 0 Å². The molecule has 2 aromatic heterocycles. The van der Waals surface area contributed by atoms with Crippen molar-refractivity contribution < 1.29 is 9.42 Å². The number of nitrogens with two attached hydrogens (primary N) is 1. The van der Waals surface area contributed by atoms with Gasteiger partial charge in [-0.1, -0.05) is 17.1 Å². The minimum atomic E-state index is -0.667. The Morgan fingerprint density at radius 3 is 2.71 bits per heavy atom. The van der Waals surface area contributed by atoms with Crippen LogP contribution < -0.4 is 16.3 Å². The third-order valence-corrected chi connectivity index (χ3v) is 4.05. The zero-order valence-electron chi connectivity index (χ0n) is 15.4. The molecule has 1 amide bonds. The summed E-state index contributed by atoms with van der Waals surface area (Å²) in [5.74, 6) is 4.88. The Hall–Kier alpha value is -3.67. The highest BCUT2D eigenvalue weighted by molar-refractivity contribution is 6.33. The predicted octanol–water partition coefficient (Wildman–Crippen LogP) is 0.844. The summed E-state index contributed by atoms with van der Waals surface area (Å²) in [6.45, 7) is 3.65. The van der Waals surface area contributed by atoms with E-state index in [0.29, 0.717) is 11.2 Å². The lowest BCUT2D eigenvalue weighted by Gasteiger charge is -2.18. The van der Waals surface area contributed by atoms with Gasteiger partial charge in [0.1, 0.15) is 7.85 Å². The Labute approximate surface area is 161 Å². The Balaban J connectivity index is 1.81. The number of nitrogens with one attached hydrogen (secondary N) is 1. The average molecular weight is 377 g/mol. The second-order valence-corrected chi connectivity index (χ2v) is 6.00. The highest BCUT2D eigenvalue weighted by atomic mass is 16.6. The molecule has 12 heteroatoms. The first-order valence-electron chi connectivity index (χ1n) is 8.07. The number of hydrogen-bond acceptors (Lipinski definition) is 8. The first-order valence-corrected chi connectivity index (χ1v) is 8.07. The fraction of sp³-hybridized carbons (Fsp3) is 0.188. The second kappa shape index (κ2) is 7.52.